The number of carboxylic acid groups (broad SMARTS) is 3. The second kappa shape index (κ2) is 13.1. The Balaban J connectivity index is 1.68. The van der Waals surface area contributed by atoms with Gasteiger partial charge < -0.3 is 31.5 Å². The molecular weight excluding hydrogens is 560 g/mol. The van der Waals surface area contributed by atoms with Gasteiger partial charge in [-0.15, -0.1) is 11.8 Å². The summed E-state index contributed by atoms with van der Waals surface area (Å²) in [5, 5.41) is 40.7. The first kappa shape index (κ1) is 30.2. The summed E-state index contributed by atoms with van der Waals surface area (Å²) in [6.45, 7) is 4.44. The molecule has 1 aromatic rings. The number of aromatic nitrogens is 3. The third-order valence-corrected chi connectivity index (χ3v) is 10.4. The first-order valence-corrected chi connectivity index (χ1v) is 15.1. The lowest BCUT2D eigenvalue weighted by Crippen LogP contribution is -2.51. The van der Waals surface area contributed by atoms with Crippen molar-refractivity contribution in [3.8, 4) is 0 Å². The number of aliphatic carboxylic acids is 3. The number of rotatable bonds is 14. The highest BCUT2D eigenvalue weighted by Crippen LogP contribution is 2.39. The zero-order chi connectivity index (χ0) is 28.1. The molecule has 1 amide bonds. The van der Waals surface area contributed by atoms with Crippen LogP contribution in [0.15, 0.2) is 17.6 Å². The summed E-state index contributed by atoms with van der Waals surface area (Å²) < 4.78 is 3.85. The average Bonchev–Trinajstić information content (AvgIpc) is 3.50. The van der Waals surface area contributed by atoms with Gasteiger partial charge in [0.25, 0.3) is 0 Å². The maximum Gasteiger partial charge on any atom is 0.350 e. The molecule has 210 valence electrons. The van der Waals surface area contributed by atoms with Gasteiger partial charge in [0.15, 0.2) is 0 Å². The molecule has 7 N–H and O–H groups in total. The molecule has 0 radical (unpaired) electrons. The fraction of sp³-hybridized carbons (Fsp3) is 0.667. The number of hydrogen-bond acceptors (Lipinski definition) is 11. The lowest BCUT2D eigenvalue weighted by molar-refractivity contribution is -0.758. The molecule has 7 atom stereocenters. The van der Waals surface area contributed by atoms with E-state index < -0.39 is 65.1 Å². The zero-order valence-corrected chi connectivity index (χ0v) is 23.1. The van der Waals surface area contributed by atoms with E-state index in [-0.39, 0.29) is 22.5 Å². The highest BCUT2D eigenvalue weighted by atomic mass is 33.1. The highest BCUT2D eigenvalue weighted by Gasteiger charge is 2.48. The van der Waals surface area contributed by atoms with Crippen LogP contribution < -0.4 is 15.7 Å². The van der Waals surface area contributed by atoms with Crippen LogP contribution in [0, 0.1) is 11.8 Å². The minimum absolute atomic E-state index is 0.0449. The Morgan fingerprint density at radius 2 is 1.89 bits per heavy atom. The van der Waals surface area contributed by atoms with Gasteiger partial charge in [-0.05, 0) is 17.8 Å². The molecule has 0 aliphatic carbocycles. The standard InChI is InChI=1S/C21H30N6O8S3/c1-9-15(25-16(21(34)35)17(9)38-11-3-26-7-23-8-27(26)4-11)14(10(2)28)18(29)24-13(20(32)33)6-37-36-5-12(22)19(30)31/h7-15,17,28H,3-6,22H2,1-2H3,(H3-,24,29,30,31,32,33,34,35)/p+1/t9-,10-,12?,13?,14-,15-,17?/m1/s1. The summed E-state index contributed by atoms with van der Waals surface area (Å²) in [6, 6.07) is -3.31. The number of hydrogen-bond donors (Lipinski definition) is 6. The Morgan fingerprint density at radius 3 is 2.47 bits per heavy atom. The number of aliphatic imine (C=N–C) groups is 1. The SMILES string of the molecule is C[C@@H](O)[C@@H](C(=O)NC(CSSCC(N)C(=O)O)C(=O)O)[C@@H]1N=C(C(=O)O)C(SC2Cn3cnc[n+]3C2)[C@@H]1C. The van der Waals surface area contributed by atoms with E-state index in [2.05, 4.69) is 15.3 Å². The quantitative estimate of drug-likeness (QED) is 0.0830. The third-order valence-electron chi connectivity index (χ3n) is 6.33. The Hall–Kier alpha value is -2.34. The first-order chi connectivity index (χ1) is 17.9. The van der Waals surface area contributed by atoms with Crippen LogP contribution in [0.4, 0.5) is 0 Å². The predicted molar refractivity (Wildman–Crippen MR) is 141 cm³/mol. The molecule has 0 aromatic carbocycles. The second-order valence-electron chi connectivity index (χ2n) is 9.15. The number of carbonyl (C=O) groups is 4. The van der Waals surface area contributed by atoms with E-state index in [0.717, 1.165) is 21.6 Å². The summed E-state index contributed by atoms with van der Waals surface area (Å²) >= 11 is 1.46. The van der Waals surface area contributed by atoms with Gasteiger partial charge in [-0.25, -0.2) is 9.59 Å². The third kappa shape index (κ3) is 7.19. The fourth-order valence-electron chi connectivity index (χ4n) is 4.35. The van der Waals surface area contributed by atoms with Crippen LogP contribution in [0.2, 0.25) is 0 Å². The number of aliphatic hydroxyl groups excluding tert-OH is 1. The molecule has 14 nitrogen and oxygen atoms in total. The smallest absolute Gasteiger partial charge is 0.350 e. The molecule has 3 rings (SSSR count). The van der Waals surface area contributed by atoms with Gasteiger partial charge in [0, 0.05) is 11.5 Å². The maximum absolute atomic E-state index is 13.2. The zero-order valence-electron chi connectivity index (χ0n) is 20.6. The Kier molecular flexibility index (Phi) is 10.4. The van der Waals surface area contributed by atoms with Gasteiger partial charge in [0.1, 0.15) is 24.3 Å². The summed E-state index contributed by atoms with van der Waals surface area (Å²) in [6.07, 6.45) is 2.15. The van der Waals surface area contributed by atoms with Gasteiger partial charge in [-0.2, -0.15) is 9.36 Å². The first-order valence-electron chi connectivity index (χ1n) is 11.7. The lowest BCUT2D eigenvalue weighted by atomic mass is 9.85. The van der Waals surface area contributed by atoms with E-state index in [1.807, 2.05) is 9.36 Å². The molecule has 17 heteroatoms. The van der Waals surface area contributed by atoms with E-state index in [1.165, 1.54) is 18.7 Å². The van der Waals surface area contributed by atoms with Crippen LogP contribution in [0.5, 0.6) is 0 Å². The molecule has 0 saturated heterocycles. The van der Waals surface area contributed by atoms with Gasteiger partial charge in [-0.3, -0.25) is 14.6 Å². The van der Waals surface area contributed by atoms with Gasteiger partial charge in [0.2, 0.25) is 12.2 Å². The van der Waals surface area contributed by atoms with E-state index >= 15 is 0 Å². The molecule has 38 heavy (non-hydrogen) atoms. The highest BCUT2D eigenvalue weighted by molar-refractivity contribution is 8.76. The summed E-state index contributed by atoms with van der Waals surface area (Å²) in [5.74, 6) is -6.09. The van der Waals surface area contributed by atoms with Crippen LogP contribution >= 0.6 is 33.3 Å². The van der Waals surface area contributed by atoms with Crippen LogP contribution in [0.1, 0.15) is 13.8 Å². The number of carbonyl (C=O) groups excluding carboxylic acids is 1. The number of carboxylic acids is 3. The molecule has 2 aliphatic rings. The molecule has 3 heterocycles. The normalized spacial score (nSPS) is 25.6. The van der Waals surface area contributed by atoms with Crippen molar-refractivity contribution in [1.29, 1.82) is 0 Å². The molecule has 0 bridgehead atoms. The number of nitrogens with zero attached hydrogens (tertiary/aromatic N) is 4. The van der Waals surface area contributed by atoms with Crippen molar-refractivity contribution in [2.24, 2.45) is 22.6 Å². The molecule has 3 unspecified atom stereocenters. The number of thioether (sulfide) groups is 1. The fourth-order valence-corrected chi connectivity index (χ4v) is 8.21. The molecule has 0 spiro atoms. The molecule has 2 aliphatic heterocycles. The van der Waals surface area contributed by atoms with Crippen molar-refractivity contribution < 1.29 is 44.3 Å². The maximum atomic E-state index is 13.2. The van der Waals surface area contributed by atoms with Crippen molar-refractivity contribution in [2.45, 2.75) is 61.7 Å². The average molecular weight is 592 g/mol. The van der Waals surface area contributed by atoms with E-state index in [0.29, 0.717) is 13.1 Å². The van der Waals surface area contributed by atoms with Crippen LogP contribution in [0.3, 0.4) is 0 Å². The van der Waals surface area contributed by atoms with Crippen molar-refractivity contribution in [2.75, 3.05) is 11.5 Å². The topological polar surface area (TPSA) is 221 Å². The summed E-state index contributed by atoms with van der Waals surface area (Å²) in [5.41, 5.74) is 5.35. The van der Waals surface area contributed by atoms with Crippen LogP contribution in [-0.4, -0.2) is 106 Å². The molecular formula is C21H31N6O8S3+. The minimum Gasteiger partial charge on any atom is -0.480 e. The van der Waals surface area contributed by atoms with Crippen molar-refractivity contribution in [3.05, 3.63) is 12.7 Å². The van der Waals surface area contributed by atoms with Crippen LogP contribution in [-0.2, 0) is 32.3 Å². The predicted octanol–water partition coefficient (Wildman–Crippen LogP) is -1.44. The largest absolute Gasteiger partial charge is 0.480 e. The Labute approximate surface area is 230 Å². The van der Waals surface area contributed by atoms with Gasteiger partial charge >= 0.3 is 24.2 Å². The van der Waals surface area contributed by atoms with Crippen molar-refractivity contribution in [1.82, 2.24) is 15.0 Å². The van der Waals surface area contributed by atoms with Gasteiger partial charge in [-0.1, -0.05) is 28.5 Å². The number of aliphatic hydroxyl groups is 1. The molecule has 0 fully saturated rings. The monoisotopic (exact) mass is 591 g/mol. The van der Waals surface area contributed by atoms with E-state index in [4.69, 9.17) is 10.8 Å². The number of nitrogens with two attached hydrogens (primary N) is 1. The van der Waals surface area contributed by atoms with Crippen molar-refractivity contribution in [3.63, 3.8) is 0 Å². The number of nitrogens with one attached hydrogen (secondary N) is 1. The summed E-state index contributed by atoms with van der Waals surface area (Å²) in [7, 11) is 2.11. The minimum atomic E-state index is -1.33. The molecule has 1 aromatic heterocycles. The second-order valence-corrected chi connectivity index (χ2v) is 13.2. The summed E-state index contributed by atoms with van der Waals surface area (Å²) in [4.78, 5) is 56.3. The number of amides is 1. The Bertz CT molecular complexity index is 1060. The van der Waals surface area contributed by atoms with Crippen molar-refractivity contribution >= 4 is 62.9 Å². The Morgan fingerprint density at radius 1 is 1.21 bits per heavy atom. The molecule has 0 saturated carbocycles. The van der Waals surface area contributed by atoms with E-state index in [9.17, 15) is 34.5 Å². The number of fused-ring (bicyclic) bond motifs is 1. The van der Waals surface area contributed by atoms with E-state index in [1.54, 1.807) is 19.6 Å². The van der Waals surface area contributed by atoms with Crippen LogP contribution in [0.25, 0.3) is 0 Å². The lowest BCUT2D eigenvalue weighted by Gasteiger charge is -2.29. The van der Waals surface area contributed by atoms with Gasteiger partial charge in [0.05, 0.1) is 35.1 Å².